The van der Waals surface area contributed by atoms with Crippen molar-refractivity contribution in [2.45, 2.75) is 33.4 Å². The van der Waals surface area contributed by atoms with Crippen molar-refractivity contribution in [1.29, 1.82) is 0 Å². The van der Waals surface area contributed by atoms with Gasteiger partial charge in [-0.05, 0) is 50.1 Å². The Morgan fingerprint density at radius 3 is 2.37 bits per heavy atom. The van der Waals surface area contributed by atoms with Crippen LogP contribution in [0.4, 0.5) is 5.69 Å². The first-order chi connectivity index (χ1) is 14.4. The van der Waals surface area contributed by atoms with Gasteiger partial charge in [-0.15, -0.1) is 0 Å². The summed E-state index contributed by atoms with van der Waals surface area (Å²) in [4.78, 5) is 25.3. The highest BCUT2D eigenvalue weighted by molar-refractivity contribution is 6.04. The van der Waals surface area contributed by atoms with E-state index in [0.29, 0.717) is 23.5 Å². The van der Waals surface area contributed by atoms with Crippen LogP contribution in [-0.2, 0) is 11.3 Å². The van der Waals surface area contributed by atoms with Crippen LogP contribution in [0.25, 0.3) is 0 Å². The lowest BCUT2D eigenvalue weighted by atomic mass is 10.1. The summed E-state index contributed by atoms with van der Waals surface area (Å²) in [6, 6.07) is 22.4. The molecule has 0 aromatic heterocycles. The van der Waals surface area contributed by atoms with E-state index in [4.69, 9.17) is 4.74 Å². The molecule has 1 atom stereocenters. The second kappa shape index (κ2) is 9.74. The van der Waals surface area contributed by atoms with Crippen LogP contribution in [0.1, 0.15) is 34.0 Å². The number of carbonyl (C=O) groups is 2. The number of anilines is 1. The van der Waals surface area contributed by atoms with Crippen molar-refractivity contribution in [3.63, 3.8) is 0 Å². The number of amides is 2. The highest BCUT2D eigenvalue weighted by Crippen LogP contribution is 2.21. The molecule has 0 aliphatic carbocycles. The molecule has 5 heteroatoms. The van der Waals surface area contributed by atoms with Crippen LogP contribution in [0.15, 0.2) is 72.8 Å². The summed E-state index contributed by atoms with van der Waals surface area (Å²) in [7, 11) is 0. The van der Waals surface area contributed by atoms with Gasteiger partial charge >= 0.3 is 0 Å². The lowest BCUT2D eigenvalue weighted by molar-refractivity contribution is -0.122. The average Bonchev–Trinajstić information content (AvgIpc) is 2.75. The first-order valence-electron chi connectivity index (χ1n) is 9.90. The van der Waals surface area contributed by atoms with Gasteiger partial charge in [0.2, 0.25) is 0 Å². The van der Waals surface area contributed by atoms with E-state index < -0.39 is 6.10 Å². The highest BCUT2D eigenvalue weighted by Gasteiger charge is 2.19. The van der Waals surface area contributed by atoms with Crippen LogP contribution in [-0.4, -0.2) is 17.9 Å². The van der Waals surface area contributed by atoms with Gasteiger partial charge in [-0.3, -0.25) is 9.59 Å². The maximum absolute atomic E-state index is 12.7. The quantitative estimate of drug-likeness (QED) is 0.605. The lowest BCUT2D eigenvalue weighted by Crippen LogP contribution is -2.32. The first-order valence-corrected chi connectivity index (χ1v) is 9.90. The summed E-state index contributed by atoms with van der Waals surface area (Å²) >= 11 is 0. The summed E-state index contributed by atoms with van der Waals surface area (Å²) in [6.45, 7) is 6.05. The van der Waals surface area contributed by atoms with Gasteiger partial charge < -0.3 is 15.4 Å². The van der Waals surface area contributed by atoms with Gasteiger partial charge in [-0.2, -0.15) is 0 Å². The molecule has 0 aliphatic heterocycles. The van der Waals surface area contributed by atoms with Gasteiger partial charge in [0.25, 0.3) is 11.8 Å². The van der Waals surface area contributed by atoms with E-state index >= 15 is 0 Å². The third kappa shape index (κ3) is 5.47. The number of nitrogens with one attached hydrogen (secondary N) is 2. The summed E-state index contributed by atoms with van der Waals surface area (Å²) < 4.78 is 5.83. The van der Waals surface area contributed by atoms with Gasteiger partial charge in [0, 0.05) is 6.54 Å². The van der Waals surface area contributed by atoms with Gasteiger partial charge in [-0.1, -0.05) is 60.2 Å². The van der Waals surface area contributed by atoms with E-state index in [1.807, 2.05) is 62.4 Å². The molecule has 30 heavy (non-hydrogen) atoms. The highest BCUT2D eigenvalue weighted by atomic mass is 16.5. The Bertz CT molecular complexity index is 1030. The fraction of sp³-hybridized carbons (Fsp3) is 0.200. The maximum atomic E-state index is 12.7. The normalized spacial score (nSPS) is 11.4. The van der Waals surface area contributed by atoms with E-state index in [-0.39, 0.29) is 11.8 Å². The third-order valence-electron chi connectivity index (χ3n) is 4.73. The van der Waals surface area contributed by atoms with Gasteiger partial charge in [0.15, 0.2) is 6.10 Å². The summed E-state index contributed by atoms with van der Waals surface area (Å²) in [5, 5.41) is 5.70. The van der Waals surface area contributed by atoms with E-state index in [1.165, 1.54) is 0 Å². The molecule has 0 bridgehead atoms. The van der Waals surface area contributed by atoms with Crippen LogP contribution in [0.3, 0.4) is 0 Å². The fourth-order valence-corrected chi connectivity index (χ4v) is 3.07. The van der Waals surface area contributed by atoms with Crippen LogP contribution in [0.2, 0.25) is 0 Å². The standard InChI is InChI=1S/C25H26N2O3/c1-17-13-14-23(18(2)15-17)30-19(3)24(28)27-22-12-8-7-11-21(22)25(29)26-16-20-9-5-4-6-10-20/h4-15,19H,16H2,1-3H3,(H,26,29)(H,27,28)/t19-/m1/s1. The van der Waals surface area contributed by atoms with Crippen LogP contribution >= 0.6 is 0 Å². The lowest BCUT2D eigenvalue weighted by Gasteiger charge is -2.18. The molecule has 0 saturated carbocycles. The van der Waals surface area contributed by atoms with E-state index in [1.54, 1.807) is 31.2 Å². The molecule has 0 fully saturated rings. The molecule has 5 nitrogen and oxygen atoms in total. The fourth-order valence-electron chi connectivity index (χ4n) is 3.07. The second-order valence-corrected chi connectivity index (χ2v) is 7.23. The molecule has 0 spiro atoms. The zero-order valence-electron chi connectivity index (χ0n) is 17.4. The molecule has 2 N–H and O–H groups in total. The molecular weight excluding hydrogens is 376 g/mol. The third-order valence-corrected chi connectivity index (χ3v) is 4.73. The first kappa shape index (κ1) is 21.1. The molecule has 3 aromatic rings. The Hall–Kier alpha value is -3.60. The predicted octanol–water partition coefficient (Wildman–Crippen LogP) is 4.64. The SMILES string of the molecule is Cc1ccc(O[C@H](C)C(=O)Nc2ccccc2C(=O)NCc2ccccc2)c(C)c1. The average molecular weight is 402 g/mol. The van der Waals surface area contributed by atoms with E-state index in [9.17, 15) is 9.59 Å². The topological polar surface area (TPSA) is 67.4 Å². The number of carbonyl (C=O) groups excluding carboxylic acids is 2. The number of ether oxygens (including phenoxy) is 1. The van der Waals surface area contributed by atoms with Crippen molar-refractivity contribution in [3.8, 4) is 5.75 Å². The Kier molecular flexibility index (Phi) is 6.86. The smallest absolute Gasteiger partial charge is 0.265 e. The van der Waals surface area contributed by atoms with Crippen molar-refractivity contribution in [1.82, 2.24) is 5.32 Å². The minimum absolute atomic E-state index is 0.252. The number of rotatable bonds is 7. The molecule has 0 saturated heterocycles. The zero-order valence-corrected chi connectivity index (χ0v) is 17.4. The number of aryl methyl sites for hydroxylation is 2. The summed E-state index contributed by atoms with van der Waals surface area (Å²) in [5.74, 6) is 0.0909. The number of hydrogen-bond donors (Lipinski definition) is 2. The zero-order chi connectivity index (χ0) is 21.5. The molecule has 0 unspecified atom stereocenters. The molecular formula is C25H26N2O3. The van der Waals surface area contributed by atoms with E-state index in [2.05, 4.69) is 10.6 Å². The predicted molar refractivity (Wildman–Crippen MR) is 119 cm³/mol. The molecule has 154 valence electrons. The van der Waals surface area contributed by atoms with Crippen LogP contribution in [0, 0.1) is 13.8 Å². The number of benzene rings is 3. The Morgan fingerprint density at radius 1 is 0.933 bits per heavy atom. The Labute approximate surface area is 177 Å². The van der Waals surface area contributed by atoms with Crippen molar-refractivity contribution in [3.05, 3.63) is 95.1 Å². The summed E-state index contributed by atoms with van der Waals surface area (Å²) in [5.41, 5.74) is 3.95. The minimum Gasteiger partial charge on any atom is -0.481 e. The Morgan fingerprint density at radius 2 is 1.63 bits per heavy atom. The minimum atomic E-state index is -0.716. The number of hydrogen-bond acceptors (Lipinski definition) is 3. The van der Waals surface area contributed by atoms with Crippen molar-refractivity contribution in [2.24, 2.45) is 0 Å². The van der Waals surface area contributed by atoms with E-state index in [0.717, 1.165) is 16.7 Å². The Balaban J connectivity index is 1.66. The molecule has 0 radical (unpaired) electrons. The van der Waals surface area contributed by atoms with Crippen LogP contribution < -0.4 is 15.4 Å². The van der Waals surface area contributed by atoms with Crippen molar-refractivity contribution in [2.75, 3.05) is 5.32 Å². The van der Waals surface area contributed by atoms with Crippen molar-refractivity contribution >= 4 is 17.5 Å². The molecule has 0 heterocycles. The van der Waals surface area contributed by atoms with Gasteiger partial charge in [0.05, 0.1) is 11.3 Å². The molecule has 3 rings (SSSR count). The number of para-hydroxylation sites is 1. The largest absolute Gasteiger partial charge is 0.481 e. The maximum Gasteiger partial charge on any atom is 0.265 e. The van der Waals surface area contributed by atoms with Crippen molar-refractivity contribution < 1.29 is 14.3 Å². The monoisotopic (exact) mass is 402 g/mol. The second-order valence-electron chi connectivity index (χ2n) is 7.23. The van der Waals surface area contributed by atoms with Crippen LogP contribution in [0.5, 0.6) is 5.75 Å². The van der Waals surface area contributed by atoms with Gasteiger partial charge in [-0.25, -0.2) is 0 Å². The molecule has 0 aliphatic rings. The molecule has 3 aromatic carbocycles. The summed E-state index contributed by atoms with van der Waals surface area (Å²) in [6.07, 6.45) is -0.716. The molecule has 2 amide bonds. The van der Waals surface area contributed by atoms with Gasteiger partial charge in [0.1, 0.15) is 5.75 Å².